The minimum Gasteiger partial charge on any atom is -0.462 e. The van der Waals surface area contributed by atoms with Crippen molar-refractivity contribution in [2.24, 2.45) is 5.92 Å². The maximum atomic E-state index is 12.3. The Morgan fingerprint density at radius 3 is 1.96 bits per heavy atom. The van der Waals surface area contributed by atoms with Crippen LogP contribution in [0, 0.1) is 5.92 Å². The topological polar surface area (TPSA) is 136 Å². The molecular weight excluding hydrogens is 619 g/mol. The van der Waals surface area contributed by atoms with Gasteiger partial charge in [-0.25, -0.2) is 4.57 Å². The SMILES string of the molecule is CCCCC/C=C\C/C=C\C/C=C\C=C\C(=O)CCCC(=O)O[C@H](COC(=O)CCCCCCCCCCC(C)C)COP(=O)(O)O. The smallest absolute Gasteiger partial charge is 0.462 e. The van der Waals surface area contributed by atoms with Gasteiger partial charge in [0.1, 0.15) is 6.61 Å². The van der Waals surface area contributed by atoms with Crippen molar-refractivity contribution in [2.75, 3.05) is 13.2 Å². The van der Waals surface area contributed by atoms with E-state index in [4.69, 9.17) is 19.3 Å². The Morgan fingerprint density at radius 1 is 0.681 bits per heavy atom. The van der Waals surface area contributed by atoms with E-state index in [2.05, 4.69) is 49.6 Å². The number of ether oxygens (including phenoxy) is 2. The molecule has 9 nitrogen and oxygen atoms in total. The maximum Gasteiger partial charge on any atom is 0.469 e. The minimum atomic E-state index is -4.81. The van der Waals surface area contributed by atoms with Crippen LogP contribution in [0.4, 0.5) is 0 Å². The molecule has 0 aromatic heterocycles. The lowest BCUT2D eigenvalue weighted by molar-refractivity contribution is -0.161. The Morgan fingerprint density at radius 2 is 1.30 bits per heavy atom. The fourth-order valence-corrected chi connectivity index (χ4v) is 4.93. The van der Waals surface area contributed by atoms with Gasteiger partial charge in [-0.2, -0.15) is 0 Å². The van der Waals surface area contributed by atoms with E-state index in [1.165, 1.54) is 57.4 Å². The molecular formula is C37H63O9P. The number of unbranched alkanes of at least 4 members (excludes halogenated alkanes) is 10. The molecule has 0 saturated heterocycles. The molecule has 0 heterocycles. The zero-order valence-corrected chi connectivity index (χ0v) is 30.2. The van der Waals surface area contributed by atoms with Crippen molar-refractivity contribution in [3.8, 4) is 0 Å². The monoisotopic (exact) mass is 682 g/mol. The van der Waals surface area contributed by atoms with Gasteiger partial charge in [-0.1, -0.05) is 128 Å². The molecule has 0 bridgehead atoms. The zero-order valence-electron chi connectivity index (χ0n) is 29.3. The minimum absolute atomic E-state index is 0.0780. The van der Waals surface area contributed by atoms with E-state index in [0.717, 1.165) is 44.4 Å². The van der Waals surface area contributed by atoms with Crippen molar-refractivity contribution in [1.82, 2.24) is 0 Å². The van der Waals surface area contributed by atoms with Crippen LogP contribution in [0.2, 0.25) is 0 Å². The summed E-state index contributed by atoms with van der Waals surface area (Å²) in [7, 11) is -4.81. The molecule has 0 unspecified atom stereocenters. The number of rotatable bonds is 31. The predicted molar refractivity (Wildman–Crippen MR) is 189 cm³/mol. The van der Waals surface area contributed by atoms with Crippen molar-refractivity contribution in [3.63, 3.8) is 0 Å². The molecule has 10 heteroatoms. The molecule has 0 aromatic rings. The fourth-order valence-electron chi connectivity index (χ4n) is 4.57. The van der Waals surface area contributed by atoms with Crippen molar-refractivity contribution >= 4 is 25.5 Å². The van der Waals surface area contributed by atoms with Gasteiger partial charge in [0.05, 0.1) is 6.61 Å². The predicted octanol–water partition coefficient (Wildman–Crippen LogP) is 9.43. The Balaban J connectivity index is 4.25. The average molecular weight is 683 g/mol. The molecule has 0 rings (SSSR count). The number of hydrogen-bond donors (Lipinski definition) is 2. The first-order valence-electron chi connectivity index (χ1n) is 17.7. The van der Waals surface area contributed by atoms with Crippen LogP contribution in [0.1, 0.15) is 143 Å². The van der Waals surface area contributed by atoms with Gasteiger partial charge in [0.25, 0.3) is 0 Å². The summed E-state index contributed by atoms with van der Waals surface area (Å²) < 4.78 is 26.0. The van der Waals surface area contributed by atoms with Crippen molar-refractivity contribution in [2.45, 2.75) is 149 Å². The van der Waals surface area contributed by atoms with Crippen molar-refractivity contribution < 1.29 is 42.7 Å². The Kier molecular flexibility index (Phi) is 29.4. The summed E-state index contributed by atoms with van der Waals surface area (Å²) in [6.07, 6.45) is 31.4. The molecule has 0 aliphatic carbocycles. The molecule has 0 saturated carbocycles. The van der Waals surface area contributed by atoms with Gasteiger partial charge < -0.3 is 19.3 Å². The van der Waals surface area contributed by atoms with Crippen LogP contribution < -0.4 is 0 Å². The van der Waals surface area contributed by atoms with E-state index < -0.39 is 32.5 Å². The van der Waals surface area contributed by atoms with E-state index in [-0.39, 0.29) is 38.1 Å². The van der Waals surface area contributed by atoms with Gasteiger partial charge >= 0.3 is 19.8 Å². The van der Waals surface area contributed by atoms with Crippen molar-refractivity contribution in [1.29, 1.82) is 0 Å². The number of allylic oxidation sites excluding steroid dienone is 8. The molecule has 47 heavy (non-hydrogen) atoms. The van der Waals surface area contributed by atoms with Gasteiger partial charge in [0.15, 0.2) is 11.9 Å². The second kappa shape index (κ2) is 31.0. The molecule has 1 atom stereocenters. The molecule has 0 fully saturated rings. The Hall–Kier alpha value is -2.32. The number of phosphoric acid groups is 1. The number of carbonyl (C=O) groups is 3. The molecule has 0 aliphatic rings. The summed E-state index contributed by atoms with van der Waals surface area (Å²) in [5, 5.41) is 0. The van der Waals surface area contributed by atoms with Gasteiger partial charge in [-0.3, -0.25) is 18.9 Å². The lowest BCUT2D eigenvalue weighted by Crippen LogP contribution is -2.29. The first kappa shape index (κ1) is 44.7. The van der Waals surface area contributed by atoms with E-state index in [0.29, 0.717) is 6.42 Å². The van der Waals surface area contributed by atoms with Crippen molar-refractivity contribution in [3.05, 3.63) is 48.6 Å². The second-order valence-corrected chi connectivity index (χ2v) is 13.6. The summed E-state index contributed by atoms with van der Waals surface area (Å²) >= 11 is 0. The summed E-state index contributed by atoms with van der Waals surface area (Å²) in [4.78, 5) is 54.6. The average Bonchev–Trinajstić information content (AvgIpc) is 3.01. The highest BCUT2D eigenvalue weighted by Gasteiger charge is 2.23. The zero-order chi connectivity index (χ0) is 35.0. The van der Waals surface area contributed by atoms with E-state index >= 15 is 0 Å². The van der Waals surface area contributed by atoms with Gasteiger partial charge in [0, 0.05) is 19.3 Å². The normalized spacial score (nSPS) is 13.1. The van der Waals surface area contributed by atoms with E-state index in [9.17, 15) is 18.9 Å². The van der Waals surface area contributed by atoms with E-state index in [1.807, 2.05) is 6.08 Å². The molecule has 2 N–H and O–H groups in total. The van der Waals surface area contributed by atoms with Crippen LogP contribution in [0.3, 0.4) is 0 Å². The first-order chi connectivity index (χ1) is 22.5. The Bertz CT molecular complexity index is 978. The van der Waals surface area contributed by atoms with Gasteiger partial charge in [-0.15, -0.1) is 0 Å². The lowest BCUT2D eigenvalue weighted by Gasteiger charge is -2.18. The third-order valence-corrected chi connectivity index (χ3v) is 7.74. The molecule has 0 aromatic carbocycles. The quantitative estimate of drug-likeness (QED) is 0.0183. The molecule has 0 aliphatic heterocycles. The molecule has 0 spiro atoms. The number of ketones is 1. The highest BCUT2D eigenvalue weighted by Crippen LogP contribution is 2.35. The van der Waals surface area contributed by atoms with Crippen LogP contribution >= 0.6 is 7.82 Å². The van der Waals surface area contributed by atoms with Crippen LogP contribution in [0.15, 0.2) is 48.6 Å². The Labute approximate surface area is 284 Å². The highest BCUT2D eigenvalue weighted by molar-refractivity contribution is 7.46. The third kappa shape index (κ3) is 34.8. The maximum absolute atomic E-state index is 12.3. The van der Waals surface area contributed by atoms with E-state index in [1.54, 1.807) is 12.2 Å². The largest absolute Gasteiger partial charge is 0.469 e. The number of phosphoric ester groups is 1. The first-order valence-corrected chi connectivity index (χ1v) is 19.3. The summed E-state index contributed by atoms with van der Waals surface area (Å²) in [5.41, 5.74) is 0. The van der Waals surface area contributed by atoms with Crippen LogP contribution in [0.25, 0.3) is 0 Å². The fraction of sp³-hybridized carbons (Fsp3) is 0.703. The van der Waals surface area contributed by atoms with Crippen LogP contribution in [-0.4, -0.2) is 46.8 Å². The standard InChI is InChI=1S/C37H63O9P/c1-4-5-6-7-8-9-10-11-12-13-17-20-23-27-34(38)28-25-30-37(40)46-35(32-45-47(41,42)43)31-44-36(39)29-24-21-18-15-14-16-19-22-26-33(2)3/h8-9,11-12,17,20,23,27,33,35H,4-7,10,13-16,18-19,21-22,24-26,28-32H2,1-3H3,(H2,41,42,43)/b9-8-,12-11-,20-17-,27-23+/t35-/m1/s1. The highest BCUT2D eigenvalue weighted by atomic mass is 31.2. The van der Waals surface area contributed by atoms with Gasteiger partial charge in [-0.05, 0) is 50.5 Å². The summed E-state index contributed by atoms with van der Waals surface area (Å²) in [6, 6.07) is 0. The summed E-state index contributed by atoms with van der Waals surface area (Å²) in [5.74, 6) is -0.523. The number of esters is 2. The second-order valence-electron chi connectivity index (χ2n) is 12.4. The van der Waals surface area contributed by atoms with Crippen LogP contribution in [0.5, 0.6) is 0 Å². The molecule has 270 valence electrons. The molecule has 0 radical (unpaired) electrons. The third-order valence-electron chi connectivity index (χ3n) is 7.25. The number of carbonyl (C=O) groups excluding carboxylic acids is 3. The van der Waals surface area contributed by atoms with Crippen LogP contribution in [-0.2, 0) is 32.9 Å². The lowest BCUT2D eigenvalue weighted by atomic mass is 10.0. The number of hydrogen-bond acceptors (Lipinski definition) is 7. The van der Waals surface area contributed by atoms with Gasteiger partial charge in [0.2, 0.25) is 0 Å². The molecule has 0 amide bonds. The summed E-state index contributed by atoms with van der Waals surface area (Å²) in [6.45, 7) is 5.69.